The Balaban J connectivity index is 1.88. The van der Waals surface area contributed by atoms with Gasteiger partial charge in [-0.3, -0.25) is 19.7 Å². The molecule has 0 aliphatic heterocycles. The van der Waals surface area contributed by atoms with Crippen molar-refractivity contribution in [1.82, 2.24) is 9.36 Å². The average Bonchev–Trinajstić information content (AvgIpc) is 3.00. The maximum Gasteiger partial charge on any atom is 0.305 e. The van der Waals surface area contributed by atoms with Gasteiger partial charge >= 0.3 is 5.97 Å². The predicted molar refractivity (Wildman–Crippen MR) is 108 cm³/mol. The fourth-order valence-corrected chi connectivity index (χ4v) is 3.07. The molecule has 0 aliphatic rings. The molecular formula is C21H22N4O3. The van der Waals surface area contributed by atoms with Crippen LogP contribution in [0.4, 0.5) is 0 Å². The van der Waals surface area contributed by atoms with E-state index in [1.807, 2.05) is 43.4 Å². The minimum atomic E-state index is -0.247. The van der Waals surface area contributed by atoms with Crippen molar-refractivity contribution in [3.05, 3.63) is 76.1 Å². The number of hydrogen-bond donors (Lipinski definition) is 2. The van der Waals surface area contributed by atoms with Crippen molar-refractivity contribution in [1.29, 1.82) is 5.41 Å². The minimum Gasteiger partial charge on any atom is -0.469 e. The van der Waals surface area contributed by atoms with E-state index < -0.39 is 0 Å². The number of nitrogens with zero attached hydrogens (tertiary/aromatic N) is 2. The van der Waals surface area contributed by atoms with Crippen molar-refractivity contribution >= 4 is 11.8 Å². The number of esters is 1. The number of nitrogens with two attached hydrogens (primary N) is 1. The van der Waals surface area contributed by atoms with Gasteiger partial charge in [-0.2, -0.15) is 0 Å². The first kappa shape index (κ1) is 19.2. The number of rotatable bonds is 6. The summed E-state index contributed by atoms with van der Waals surface area (Å²) < 4.78 is 8.02. The third-order valence-electron chi connectivity index (χ3n) is 4.64. The summed E-state index contributed by atoms with van der Waals surface area (Å²) in [5.41, 5.74) is 9.34. The maximum atomic E-state index is 12.6. The van der Waals surface area contributed by atoms with E-state index >= 15 is 0 Å². The molecular weight excluding hydrogens is 356 g/mol. The molecule has 1 aromatic heterocycles. The molecule has 0 amide bonds. The standard InChI is InChI=1S/C21H22N4O3/c1-24-18(15-6-8-16(9-7-15)21(22)23)13-19(26)25(24)17-10-3-14(4-11-17)5-12-20(27)28-2/h3-4,6-11,13H,5,12H2,1-2H3,(H3,22,23). The Morgan fingerprint density at radius 2 is 1.75 bits per heavy atom. The topological polar surface area (TPSA) is 103 Å². The number of nitrogen functional groups attached to an aromatic ring is 1. The second kappa shape index (κ2) is 7.96. The molecule has 144 valence electrons. The fraction of sp³-hybridized carbons (Fsp3) is 0.190. The number of methoxy groups -OCH3 is 1. The number of aryl methyl sites for hydroxylation is 1. The van der Waals surface area contributed by atoms with Crippen molar-refractivity contribution in [3.8, 4) is 16.9 Å². The Kier molecular flexibility index (Phi) is 5.44. The van der Waals surface area contributed by atoms with Gasteiger partial charge in [0.05, 0.1) is 18.5 Å². The van der Waals surface area contributed by atoms with Crippen molar-refractivity contribution < 1.29 is 9.53 Å². The van der Waals surface area contributed by atoms with Crippen LogP contribution in [-0.2, 0) is 23.0 Å². The predicted octanol–water partition coefficient (Wildman–Crippen LogP) is 2.23. The second-order valence-corrected chi connectivity index (χ2v) is 6.44. The van der Waals surface area contributed by atoms with Gasteiger partial charge < -0.3 is 10.5 Å². The van der Waals surface area contributed by atoms with E-state index in [0.29, 0.717) is 18.4 Å². The number of amidine groups is 1. The van der Waals surface area contributed by atoms with Crippen molar-refractivity contribution in [2.45, 2.75) is 12.8 Å². The van der Waals surface area contributed by atoms with Gasteiger partial charge in [-0.05, 0) is 29.7 Å². The summed E-state index contributed by atoms with van der Waals surface area (Å²) in [6, 6.07) is 16.3. The van der Waals surface area contributed by atoms with Crippen LogP contribution >= 0.6 is 0 Å². The molecule has 3 aromatic rings. The summed E-state index contributed by atoms with van der Waals surface area (Å²) in [5.74, 6) is -0.242. The van der Waals surface area contributed by atoms with Crippen molar-refractivity contribution in [3.63, 3.8) is 0 Å². The van der Waals surface area contributed by atoms with E-state index in [-0.39, 0.29) is 17.4 Å². The van der Waals surface area contributed by atoms with Gasteiger partial charge in [-0.1, -0.05) is 36.4 Å². The molecule has 7 nitrogen and oxygen atoms in total. The van der Waals surface area contributed by atoms with Crippen LogP contribution in [0.5, 0.6) is 0 Å². The maximum absolute atomic E-state index is 12.6. The molecule has 0 spiro atoms. The highest BCUT2D eigenvalue weighted by Gasteiger charge is 2.12. The summed E-state index contributed by atoms with van der Waals surface area (Å²) in [6.45, 7) is 0. The average molecular weight is 378 g/mol. The van der Waals surface area contributed by atoms with E-state index in [1.54, 1.807) is 27.6 Å². The fourth-order valence-electron chi connectivity index (χ4n) is 3.07. The molecule has 1 heterocycles. The van der Waals surface area contributed by atoms with Crippen LogP contribution in [0.3, 0.4) is 0 Å². The lowest BCUT2D eigenvalue weighted by atomic mass is 10.1. The zero-order chi connectivity index (χ0) is 20.3. The number of aromatic nitrogens is 2. The highest BCUT2D eigenvalue weighted by atomic mass is 16.5. The molecule has 3 rings (SSSR count). The summed E-state index contributed by atoms with van der Waals surface area (Å²) >= 11 is 0. The zero-order valence-corrected chi connectivity index (χ0v) is 15.8. The second-order valence-electron chi connectivity index (χ2n) is 6.44. The number of carbonyl (C=O) groups excluding carboxylic acids is 1. The molecule has 7 heteroatoms. The van der Waals surface area contributed by atoms with Gasteiger partial charge in [0.15, 0.2) is 0 Å². The Morgan fingerprint density at radius 1 is 1.11 bits per heavy atom. The molecule has 0 atom stereocenters. The van der Waals surface area contributed by atoms with Gasteiger partial charge in [0.1, 0.15) is 5.84 Å². The van der Waals surface area contributed by atoms with Gasteiger partial charge in [-0.25, -0.2) is 4.68 Å². The van der Waals surface area contributed by atoms with Gasteiger partial charge in [0, 0.05) is 25.1 Å². The third-order valence-corrected chi connectivity index (χ3v) is 4.64. The molecule has 3 N–H and O–H groups in total. The molecule has 0 saturated carbocycles. The van der Waals surface area contributed by atoms with E-state index in [2.05, 4.69) is 4.74 Å². The number of benzene rings is 2. The smallest absolute Gasteiger partial charge is 0.305 e. The molecule has 0 fully saturated rings. The molecule has 0 unspecified atom stereocenters. The summed E-state index contributed by atoms with van der Waals surface area (Å²) in [6.07, 6.45) is 0.906. The first-order valence-corrected chi connectivity index (χ1v) is 8.80. The van der Waals surface area contributed by atoms with Gasteiger partial charge in [0.25, 0.3) is 5.56 Å². The van der Waals surface area contributed by atoms with E-state index in [1.165, 1.54) is 7.11 Å². The monoisotopic (exact) mass is 378 g/mol. The SMILES string of the molecule is COC(=O)CCc1ccc(-n2c(=O)cc(-c3ccc(C(=N)N)cc3)n2C)cc1. The number of nitrogens with one attached hydrogen (secondary N) is 1. The van der Waals surface area contributed by atoms with Crippen LogP contribution in [0.25, 0.3) is 16.9 Å². The zero-order valence-electron chi connectivity index (χ0n) is 15.8. The lowest BCUT2D eigenvalue weighted by molar-refractivity contribution is -0.140. The highest BCUT2D eigenvalue weighted by Crippen LogP contribution is 2.20. The first-order chi connectivity index (χ1) is 13.4. The van der Waals surface area contributed by atoms with Gasteiger partial charge in [0.2, 0.25) is 0 Å². The van der Waals surface area contributed by atoms with Crippen LogP contribution in [0, 0.1) is 5.41 Å². The Hall–Kier alpha value is -3.61. The van der Waals surface area contributed by atoms with Crippen LogP contribution in [0.15, 0.2) is 59.4 Å². The van der Waals surface area contributed by atoms with Crippen LogP contribution in [-0.4, -0.2) is 28.3 Å². The Labute approximate surface area is 162 Å². The third kappa shape index (κ3) is 3.88. The largest absolute Gasteiger partial charge is 0.469 e. The molecule has 0 radical (unpaired) electrons. The van der Waals surface area contributed by atoms with Crippen molar-refractivity contribution in [2.75, 3.05) is 7.11 Å². The minimum absolute atomic E-state index is 0.00491. The summed E-state index contributed by atoms with van der Waals surface area (Å²) in [7, 11) is 3.19. The highest BCUT2D eigenvalue weighted by molar-refractivity contribution is 5.95. The molecule has 0 bridgehead atoms. The molecule has 0 aliphatic carbocycles. The van der Waals surface area contributed by atoms with Gasteiger partial charge in [-0.15, -0.1) is 0 Å². The molecule has 2 aromatic carbocycles. The quantitative estimate of drug-likeness (QED) is 0.390. The summed E-state index contributed by atoms with van der Waals surface area (Å²) in [5, 5.41) is 7.48. The molecule has 28 heavy (non-hydrogen) atoms. The molecule has 0 saturated heterocycles. The number of ether oxygens (including phenoxy) is 1. The van der Waals surface area contributed by atoms with E-state index in [9.17, 15) is 9.59 Å². The normalized spacial score (nSPS) is 10.6. The number of carbonyl (C=O) groups is 1. The Bertz CT molecular complexity index is 1060. The summed E-state index contributed by atoms with van der Waals surface area (Å²) in [4.78, 5) is 23.8. The lowest BCUT2D eigenvalue weighted by Crippen LogP contribution is -2.19. The van der Waals surface area contributed by atoms with Crippen molar-refractivity contribution in [2.24, 2.45) is 12.8 Å². The van der Waals surface area contributed by atoms with E-state index in [0.717, 1.165) is 22.5 Å². The first-order valence-electron chi connectivity index (χ1n) is 8.80. The van der Waals surface area contributed by atoms with E-state index in [4.69, 9.17) is 11.1 Å². The Morgan fingerprint density at radius 3 is 2.32 bits per heavy atom. The van der Waals surface area contributed by atoms with Crippen LogP contribution < -0.4 is 11.3 Å². The lowest BCUT2D eigenvalue weighted by Gasteiger charge is -2.11. The van der Waals surface area contributed by atoms with Crippen LogP contribution in [0.2, 0.25) is 0 Å². The number of hydrogen-bond acceptors (Lipinski definition) is 4. The van der Waals surface area contributed by atoms with Crippen LogP contribution in [0.1, 0.15) is 17.5 Å².